The Morgan fingerprint density at radius 1 is 1.07 bits per heavy atom. The number of fused-ring (bicyclic) bond motifs is 1. The summed E-state index contributed by atoms with van der Waals surface area (Å²) in [5.41, 5.74) is 1.11. The van der Waals surface area contributed by atoms with Gasteiger partial charge in [0.15, 0.2) is 6.10 Å². The van der Waals surface area contributed by atoms with Crippen LogP contribution in [0.25, 0.3) is 0 Å². The fraction of sp³-hybridized carbons (Fsp3) is 0.619. The van der Waals surface area contributed by atoms with Crippen molar-refractivity contribution in [1.82, 2.24) is 14.7 Å². The van der Waals surface area contributed by atoms with Crippen molar-refractivity contribution in [1.29, 1.82) is 0 Å². The maximum atomic E-state index is 12.8. The number of carbonyl (C=O) groups is 2. The molecule has 3 aliphatic rings. The fourth-order valence-electron chi connectivity index (χ4n) is 4.40. The monoisotopic (exact) mass is 371 g/mol. The van der Waals surface area contributed by atoms with Crippen LogP contribution in [0.3, 0.4) is 0 Å². The number of nitrogens with zero attached hydrogens (tertiary/aromatic N) is 3. The molecule has 2 saturated heterocycles. The number of hydrogen-bond acceptors (Lipinski definition) is 4. The van der Waals surface area contributed by atoms with E-state index in [1.807, 2.05) is 34.1 Å². The molecule has 27 heavy (non-hydrogen) atoms. The molecule has 2 atom stereocenters. The highest BCUT2D eigenvalue weighted by molar-refractivity contribution is 5.83. The maximum Gasteiger partial charge on any atom is 0.264 e. The summed E-state index contributed by atoms with van der Waals surface area (Å²) >= 11 is 0. The molecule has 2 fully saturated rings. The van der Waals surface area contributed by atoms with Crippen molar-refractivity contribution >= 4 is 11.8 Å². The maximum absolute atomic E-state index is 12.8. The van der Waals surface area contributed by atoms with Crippen molar-refractivity contribution < 1.29 is 14.3 Å². The largest absolute Gasteiger partial charge is 0.480 e. The zero-order chi connectivity index (χ0) is 18.8. The van der Waals surface area contributed by atoms with E-state index in [0.29, 0.717) is 32.1 Å². The molecular weight excluding hydrogens is 342 g/mol. The topological polar surface area (TPSA) is 53.1 Å². The summed E-state index contributed by atoms with van der Waals surface area (Å²) in [6, 6.07) is 8.22. The van der Waals surface area contributed by atoms with Gasteiger partial charge in [0.2, 0.25) is 5.91 Å². The van der Waals surface area contributed by atoms with Gasteiger partial charge in [0.05, 0.1) is 6.54 Å². The van der Waals surface area contributed by atoms with E-state index in [2.05, 4.69) is 11.8 Å². The molecule has 1 aromatic rings. The summed E-state index contributed by atoms with van der Waals surface area (Å²) in [5.74, 6) is 1.13. The van der Waals surface area contributed by atoms with Crippen LogP contribution in [0.5, 0.6) is 5.75 Å². The third-order valence-electron chi connectivity index (χ3n) is 6.09. The van der Waals surface area contributed by atoms with E-state index in [1.165, 1.54) is 6.42 Å². The Morgan fingerprint density at radius 3 is 2.59 bits per heavy atom. The minimum atomic E-state index is -0.398. The number of piperidine rings is 1. The summed E-state index contributed by atoms with van der Waals surface area (Å²) < 4.78 is 5.84. The molecule has 4 rings (SSSR count). The first-order valence-corrected chi connectivity index (χ1v) is 10.2. The van der Waals surface area contributed by atoms with Crippen molar-refractivity contribution in [3.05, 3.63) is 29.8 Å². The lowest BCUT2D eigenvalue weighted by Gasteiger charge is -2.38. The van der Waals surface area contributed by atoms with Gasteiger partial charge in [-0.05, 0) is 37.8 Å². The van der Waals surface area contributed by atoms with Crippen LogP contribution in [0, 0.1) is 0 Å². The average Bonchev–Trinajstić information content (AvgIpc) is 3.12. The van der Waals surface area contributed by atoms with Gasteiger partial charge < -0.3 is 14.5 Å². The molecule has 0 unspecified atom stereocenters. The number of para-hydroxylation sites is 1. The molecule has 3 heterocycles. The Bertz CT molecular complexity index is 675. The van der Waals surface area contributed by atoms with Crippen LogP contribution in [-0.2, 0) is 16.0 Å². The number of ether oxygens (including phenoxy) is 1. The van der Waals surface area contributed by atoms with E-state index in [1.54, 1.807) is 0 Å². The predicted molar refractivity (Wildman–Crippen MR) is 103 cm³/mol. The molecule has 0 aliphatic carbocycles. The lowest BCUT2D eigenvalue weighted by Crippen LogP contribution is -2.55. The number of likely N-dealkylation sites (tertiary alicyclic amines) is 1. The Hall–Kier alpha value is -2.08. The highest BCUT2D eigenvalue weighted by atomic mass is 16.5. The smallest absolute Gasteiger partial charge is 0.264 e. The van der Waals surface area contributed by atoms with Gasteiger partial charge >= 0.3 is 0 Å². The molecule has 146 valence electrons. The zero-order valence-electron chi connectivity index (χ0n) is 16.1. The van der Waals surface area contributed by atoms with Gasteiger partial charge in [0.25, 0.3) is 5.91 Å². The number of hydrogen-bond donors (Lipinski definition) is 0. The number of carbonyl (C=O) groups excluding carboxylic acids is 2. The van der Waals surface area contributed by atoms with Crippen LogP contribution in [0.15, 0.2) is 24.3 Å². The third-order valence-corrected chi connectivity index (χ3v) is 6.09. The van der Waals surface area contributed by atoms with E-state index in [-0.39, 0.29) is 11.8 Å². The van der Waals surface area contributed by atoms with Crippen LogP contribution in [0.2, 0.25) is 0 Å². The van der Waals surface area contributed by atoms with Gasteiger partial charge in [0, 0.05) is 45.2 Å². The number of piperazine rings is 1. The molecular formula is C21H29N3O3. The lowest BCUT2D eigenvalue weighted by atomic mass is 10.0. The minimum Gasteiger partial charge on any atom is -0.480 e. The highest BCUT2D eigenvalue weighted by Crippen LogP contribution is 2.29. The Balaban J connectivity index is 1.25. The molecule has 6 heteroatoms. The van der Waals surface area contributed by atoms with E-state index in [0.717, 1.165) is 43.8 Å². The van der Waals surface area contributed by atoms with Gasteiger partial charge in [-0.15, -0.1) is 0 Å². The number of amides is 2. The summed E-state index contributed by atoms with van der Waals surface area (Å²) in [6.07, 6.45) is 3.70. The second-order valence-corrected chi connectivity index (χ2v) is 7.95. The fourth-order valence-corrected chi connectivity index (χ4v) is 4.40. The van der Waals surface area contributed by atoms with Crippen LogP contribution < -0.4 is 4.74 Å². The van der Waals surface area contributed by atoms with Crippen molar-refractivity contribution in [3.8, 4) is 5.75 Å². The third kappa shape index (κ3) is 3.95. The highest BCUT2D eigenvalue weighted by Gasteiger charge is 2.34. The Morgan fingerprint density at radius 2 is 1.85 bits per heavy atom. The van der Waals surface area contributed by atoms with E-state index >= 15 is 0 Å². The lowest BCUT2D eigenvalue weighted by molar-refractivity contribution is -0.140. The molecule has 0 saturated carbocycles. The van der Waals surface area contributed by atoms with Gasteiger partial charge in [-0.2, -0.15) is 0 Å². The van der Waals surface area contributed by atoms with Crippen molar-refractivity contribution in [2.75, 3.05) is 39.3 Å². The SMILES string of the molecule is C[C@H]1CCCCN1C(=O)CN1CCN(C(=O)[C@@H]2Cc3ccccc3O2)CC1. The molecule has 2 amide bonds. The zero-order valence-corrected chi connectivity index (χ0v) is 16.1. The molecule has 6 nitrogen and oxygen atoms in total. The first-order chi connectivity index (χ1) is 13.1. The van der Waals surface area contributed by atoms with E-state index in [9.17, 15) is 9.59 Å². The second-order valence-electron chi connectivity index (χ2n) is 7.95. The summed E-state index contributed by atoms with van der Waals surface area (Å²) in [7, 11) is 0. The molecule has 0 N–H and O–H groups in total. The second kappa shape index (κ2) is 7.89. The number of benzene rings is 1. The first kappa shape index (κ1) is 18.3. The van der Waals surface area contributed by atoms with Gasteiger partial charge in [-0.25, -0.2) is 0 Å². The van der Waals surface area contributed by atoms with Gasteiger partial charge in [0.1, 0.15) is 5.75 Å². The quantitative estimate of drug-likeness (QED) is 0.809. The summed E-state index contributed by atoms with van der Waals surface area (Å²) in [5, 5.41) is 0. The molecule has 0 aromatic heterocycles. The first-order valence-electron chi connectivity index (χ1n) is 10.2. The molecule has 0 radical (unpaired) electrons. The van der Waals surface area contributed by atoms with Crippen molar-refractivity contribution in [3.63, 3.8) is 0 Å². The van der Waals surface area contributed by atoms with E-state index in [4.69, 9.17) is 4.74 Å². The standard InChI is InChI=1S/C21H29N3O3/c1-16-6-4-5-9-24(16)20(25)15-22-10-12-23(13-11-22)21(26)19-14-17-7-2-3-8-18(17)27-19/h2-3,7-8,16,19H,4-6,9-15H2,1H3/t16-,19-/m0/s1. The summed E-state index contributed by atoms with van der Waals surface area (Å²) in [6.45, 7) is 6.33. The van der Waals surface area contributed by atoms with Crippen LogP contribution in [0.4, 0.5) is 0 Å². The normalized spacial score (nSPS) is 25.8. The average molecular weight is 371 g/mol. The van der Waals surface area contributed by atoms with Crippen LogP contribution >= 0.6 is 0 Å². The molecule has 0 spiro atoms. The Kier molecular flexibility index (Phi) is 5.34. The van der Waals surface area contributed by atoms with Crippen molar-refractivity contribution in [2.45, 2.75) is 44.8 Å². The molecule has 0 bridgehead atoms. The number of rotatable bonds is 3. The van der Waals surface area contributed by atoms with Gasteiger partial charge in [-0.1, -0.05) is 18.2 Å². The van der Waals surface area contributed by atoms with Crippen molar-refractivity contribution in [2.24, 2.45) is 0 Å². The predicted octanol–water partition coefficient (Wildman–Crippen LogP) is 1.54. The van der Waals surface area contributed by atoms with E-state index < -0.39 is 6.10 Å². The van der Waals surface area contributed by atoms with Crippen LogP contribution in [-0.4, -0.2) is 77.9 Å². The van der Waals surface area contributed by atoms with Crippen LogP contribution in [0.1, 0.15) is 31.7 Å². The molecule has 3 aliphatic heterocycles. The molecule has 1 aromatic carbocycles. The minimum absolute atomic E-state index is 0.0711. The van der Waals surface area contributed by atoms with Gasteiger partial charge in [-0.3, -0.25) is 14.5 Å². The Labute approximate surface area is 161 Å². The summed E-state index contributed by atoms with van der Waals surface area (Å²) in [4.78, 5) is 31.5.